The molecule has 0 aliphatic carbocycles. The molecular formula is C16H38LiNSi2. The van der Waals surface area contributed by atoms with Crippen LogP contribution in [-0.2, 0) is 0 Å². The van der Waals surface area contributed by atoms with E-state index in [0.717, 1.165) is 22.2 Å². The average Bonchev–Trinajstić information content (AvgIpc) is 2.29. The molecule has 0 amide bonds. The van der Waals surface area contributed by atoms with Gasteiger partial charge < -0.3 is 4.65 Å². The second-order valence-corrected chi connectivity index (χ2v) is 18.3. The minimum atomic E-state index is -1.52. The van der Waals surface area contributed by atoms with Gasteiger partial charge in [0, 0.05) is 0 Å². The molecule has 0 bridgehead atoms. The van der Waals surface area contributed by atoms with E-state index in [1.54, 1.807) is 0 Å². The van der Waals surface area contributed by atoms with Crippen LogP contribution in [-0.4, -0.2) is 16.5 Å². The second-order valence-electron chi connectivity index (χ2n) is 7.42. The number of nitrogens with zero attached hydrogens (tertiary/aromatic N) is 1. The Morgan fingerprint density at radius 2 is 0.800 bits per heavy atom. The van der Waals surface area contributed by atoms with Crippen molar-refractivity contribution >= 4 is 16.5 Å². The molecule has 0 saturated heterocycles. The molecule has 0 aromatic rings. The fraction of sp³-hybridized carbons (Fsp3) is 1.00. The molecule has 0 saturated carbocycles. The zero-order valence-corrected chi connectivity index (χ0v) is 18.2. The van der Waals surface area contributed by atoms with E-state index in [0.29, 0.717) is 0 Å². The number of rotatable bonds is 8. The van der Waals surface area contributed by atoms with Crippen molar-refractivity contribution in [3.8, 4) is 0 Å². The van der Waals surface area contributed by atoms with Crippen molar-refractivity contribution in [3.63, 3.8) is 0 Å². The molecular weight excluding hydrogens is 269 g/mol. The van der Waals surface area contributed by atoms with Crippen molar-refractivity contribution < 1.29 is 18.9 Å². The van der Waals surface area contributed by atoms with Crippen LogP contribution in [0.1, 0.15) is 69.2 Å². The third kappa shape index (κ3) is 4.49. The van der Waals surface area contributed by atoms with Crippen molar-refractivity contribution in [2.45, 2.75) is 103 Å². The minimum Gasteiger partial charge on any atom is -0.665 e. The summed E-state index contributed by atoms with van der Waals surface area (Å²) in [7, 11) is -3.04. The second kappa shape index (κ2) is 9.20. The normalized spacial score (nSPS) is 13.5. The van der Waals surface area contributed by atoms with Gasteiger partial charge in [-0.3, -0.25) is 0 Å². The predicted molar refractivity (Wildman–Crippen MR) is 96.2 cm³/mol. The molecule has 4 heteroatoms. The van der Waals surface area contributed by atoms with E-state index >= 15 is 0 Å². The van der Waals surface area contributed by atoms with Crippen LogP contribution in [0.3, 0.4) is 0 Å². The van der Waals surface area contributed by atoms with Gasteiger partial charge in [-0.2, -0.15) is 0 Å². The molecule has 0 atom stereocenters. The van der Waals surface area contributed by atoms with E-state index in [1.807, 2.05) is 0 Å². The van der Waals surface area contributed by atoms with E-state index < -0.39 is 16.5 Å². The Hall–Kier alpha value is 0.991. The summed E-state index contributed by atoms with van der Waals surface area (Å²) in [5.41, 5.74) is 3.09. The minimum absolute atomic E-state index is 0. The molecule has 0 radical (unpaired) electrons. The smallest absolute Gasteiger partial charge is 0.665 e. The summed E-state index contributed by atoms with van der Waals surface area (Å²) in [5.74, 6) is 0. The average molecular weight is 308 g/mol. The molecule has 0 aromatic carbocycles. The van der Waals surface area contributed by atoms with Gasteiger partial charge >= 0.3 is 18.9 Å². The van der Waals surface area contributed by atoms with E-state index in [9.17, 15) is 0 Å². The van der Waals surface area contributed by atoms with Crippen LogP contribution in [0.4, 0.5) is 0 Å². The fourth-order valence-electron chi connectivity index (χ4n) is 4.03. The van der Waals surface area contributed by atoms with Gasteiger partial charge in [0.25, 0.3) is 0 Å². The molecule has 0 N–H and O–H groups in total. The molecule has 0 unspecified atom stereocenters. The van der Waals surface area contributed by atoms with Crippen molar-refractivity contribution in [1.29, 1.82) is 0 Å². The molecule has 0 spiro atoms. The summed E-state index contributed by atoms with van der Waals surface area (Å²) in [4.78, 5) is 0. The zero-order valence-electron chi connectivity index (χ0n) is 16.2. The third-order valence-corrected chi connectivity index (χ3v) is 19.1. The van der Waals surface area contributed by atoms with Gasteiger partial charge in [-0.05, 0) is 0 Å². The van der Waals surface area contributed by atoms with Gasteiger partial charge in [0.05, 0.1) is 0 Å². The largest absolute Gasteiger partial charge is 1.00 e. The Balaban J connectivity index is 0. The van der Waals surface area contributed by atoms with E-state index in [4.69, 9.17) is 4.65 Å². The third-order valence-electron chi connectivity index (χ3n) is 5.55. The first kappa shape index (κ1) is 23.3. The number of hydrogen-bond acceptors (Lipinski definition) is 0. The maximum atomic E-state index is 5.85. The Morgan fingerprint density at radius 1 is 0.600 bits per heavy atom. The Morgan fingerprint density at radius 3 is 0.900 bits per heavy atom. The predicted octanol–water partition coefficient (Wildman–Crippen LogP) is 3.93. The van der Waals surface area contributed by atoms with Crippen LogP contribution in [0.25, 0.3) is 4.65 Å². The van der Waals surface area contributed by atoms with Gasteiger partial charge in [-0.25, -0.2) is 0 Å². The van der Waals surface area contributed by atoms with Gasteiger partial charge in [0.15, 0.2) is 0 Å². The molecule has 20 heavy (non-hydrogen) atoms. The first-order valence-corrected chi connectivity index (χ1v) is 13.0. The van der Waals surface area contributed by atoms with Crippen molar-refractivity contribution in [2.75, 3.05) is 0 Å². The van der Waals surface area contributed by atoms with Crippen LogP contribution in [0, 0.1) is 0 Å². The maximum Gasteiger partial charge on any atom is 1.00 e. The first-order valence-electron chi connectivity index (χ1n) is 8.34. The molecule has 0 aliphatic heterocycles. The van der Waals surface area contributed by atoms with Crippen molar-refractivity contribution in [2.24, 2.45) is 0 Å². The van der Waals surface area contributed by atoms with Gasteiger partial charge in [-0.15, -0.1) is 0 Å². The van der Waals surface area contributed by atoms with Crippen LogP contribution in [0.2, 0.25) is 34.3 Å². The van der Waals surface area contributed by atoms with Gasteiger partial charge in [0.2, 0.25) is 0 Å². The molecule has 0 fully saturated rings. The monoisotopic (exact) mass is 307 g/mol. The summed E-state index contributed by atoms with van der Waals surface area (Å²) >= 11 is 0. The van der Waals surface area contributed by atoms with E-state index in [2.05, 4.69) is 69.2 Å². The SMILES string of the molecule is CC[Si]([N-][Si](CC)(C(C)C)C(C)C)(C(C)C)C(C)C.[Li+]. The Kier molecular flexibility index (Phi) is 10.7. The molecule has 1 nitrogen and oxygen atoms in total. The molecule has 116 valence electrons. The molecule has 0 heterocycles. The Bertz CT molecular complexity index is 223. The van der Waals surface area contributed by atoms with Crippen molar-refractivity contribution in [1.82, 2.24) is 0 Å². The van der Waals surface area contributed by atoms with E-state index in [-0.39, 0.29) is 18.9 Å². The van der Waals surface area contributed by atoms with E-state index in [1.165, 1.54) is 12.1 Å². The fourth-order valence-corrected chi connectivity index (χ4v) is 18.5. The van der Waals surface area contributed by atoms with Crippen LogP contribution >= 0.6 is 0 Å². The summed E-state index contributed by atoms with van der Waals surface area (Å²) in [6.45, 7) is 24.2. The van der Waals surface area contributed by atoms with Crippen LogP contribution in [0.15, 0.2) is 0 Å². The van der Waals surface area contributed by atoms with Crippen molar-refractivity contribution in [3.05, 3.63) is 4.65 Å². The van der Waals surface area contributed by atoms with Gasteiger partial charge in [-0.1, -0.05) is 120 Å². The molecule has 0 rings (SSSR count). The Labute approximate surface area is 143 Å². The number of hydrogen-bond donors (Lipinski definition) is 0. The first-order chi connectivity index (χ1) is 8.60. The summed E-state index contributed by atoms with van der Waals surface area (Å²) in [6, 6.07) is 2.63. The quantitative estimate of drug-likeness (QED) is 0.603. The zero-order chi connectivity index (χ0) is 15.4. The molecule has 0 aromatic heterocycles. The topological polar surface area (TPSA) is 14.1 Å². The summed E-state index contributed by atoms with van der Waals surface area (Å²) in [6.07, 6.45) is 0. The van der Waals surface area contributed by atoms with Crippen LogP contribution in [0.5, 0.6) is 0 Å². The van der Waals surface area contributed by atoms with Crippen LogP contribution < -0.4 is 18.9 Å². The summed E-state index contributed by atoms with van der Waals surface area (Å²) < 4.78 is 5.85. The summed E-state index contributed by atoms with van der Waals surface area (Å²) in [5, 5.41) is 0. The van der Waals surface area contributed by atoms with Gasteiger partial charge in [0.1, 0.15) is 0 Å². The standard InChI is InChI=1S/C16H38NSi2.Li/c1-11-18(13(3)4,14(5)6)17-19(12-2,15(7)8)16(9)10;/h13-16H,11-12H2,1-10H3;/q-1;+1. The maximum absolute atomic E-state index is 5.85. The molecule has 0 aliphatic rings.